The molecule has 1 heterocycles. The van der Waals surface area contributed by atoms with Crippen molar-refractivity contribution in [3.05, 3.63) is 42.0 Å². The minimum absolute atomic E-state index is 0.130. The highest BCUT2D eigenvalue weighted by molar-refractivity contribution is 6.10. The van der Waals surface area contributed by atoms with Gasteiger partial charge >= 0.3 is 12.0 Å². The summed E-state index contributed by atoms with van der Waals surface area (Å²) < 4.78 is 19.4. The van der Waals surface area contributed by atoms with Crippen LogP contribution in [0.15, 0.2) is 36.4 Å². The molecule has 0 atom stereocenters. The Balaban J connectivity index is 2.04. The molecule has 0 saturated carbocycles. The van der Waals surface area contributed by atoms with Crippen LogP contribution in [-0.2, 0) is 4.74 Å². The van der Waals surface area contributed by atoms with E-state index in [9.17, 15) is 14.1 Å². The molecule has 6 heteroatoms. The highest BCUT2D eigenvalue weighted by Crippen LogP contribution is 2.31. The van der Waals surface area contributed by atoms with Gasteiger partial charge in [0.15, 0.2) is 0 Å². The van der Waals surface area contributed by atoms with Crippen LogP contribution >= 0.6 is 0 Å². The third kappa shape index (κ3) is 2.72. The van der Waals surface area contributed by atoms with Crippen molar-refractivity contribution in [1.82, 2.24) is 4.90 Å². The molecule has 2 amide bonds. The molecule has 5 nitrogen and oxygen atoms in total. The van der Waals surface area contributed by atoms with Gasteiger partial charge in [-0.25, -0.2) is 9.59 Å². The van der Waals surface area contributed by atoms with Crippen LogP contribution in [0.5, 0.6) is 0 Å². The monoisotopic (exact) mass is 316 g/mol. The minimum Gasteiger partial charge on any atom is -0.465 e. The summed E-state index contributed by atoms with van der Waals surface area (Å²) in [6.07, 6.45) is 1.78. The van der Waals surface area contributed by atoms with Crippen LogP contribution in [0.4, 0.5) is 15.0 Å². The number of urea groups is 1. The summed E-state index contributed by atoms with van der Waals surface area (Å²) in [5.41, 5.74) is 0.471. The molecule has 1 fully saturated rings. The fourth-order valence-corrected chi connectivity index (χ4v) is 2.88. The van der Waals surface area contributed by atoms with Gasteiger partial charge in [0, 0.05) is 18.5 Å². The first-order valence-electron chi connectivity index (χ1n) is 7.48. The van der Waals surface area contributed by atoms with Crippen LogP contribution in [0.2, 0.25) is 0 Å². The van der Waals surface area contributed by atoms with Crippen molar-refractivity contribution in [3.63, 3.8) is 0 Å². The number of methoxy groups -OCH3 is 1. The van der Waals surface area contributed by atoms with E-state index in [1.54, 1.807) is 24.3 Å². The highest BCUT2D eigenvalue weighted by Gasteiger charge is 2.27. The van der Waals surface area contributed by atoms with E-state index in [0.29, 0.717) is 29.4 Å². The molecule has 1 aliphatic rings. The third-order valence-electron chi connectivity index (χ3n) is 4.06. The molecule has 23 heavy (non-hydrogen) atoms. The first kappa shape index (κ1) is 15.3. The Morgan fingerprint density at radius 1 is 1.09 bits per heavy atom. The molecule has 0 aromatic heterocycles. The van der Waals surface area contributed by atoms with Gasteiger partial charge in [0.2, 0.25) is 0 Å². The summed E-state index contributed by atoms with van der Waals surface area (Å²) in [6, 6.07) is 9.12. The van der Waals surface area contributed by atoms with E-state index in [2.05, 4.69) is 0 Å². The number of amides is 2. The molecule has 3 rings (SSSR count). The average molecular weight is 316 g/mol. The Morgan fingerprint density at radius 2 is 1.74 bits per heavy atom. The maximum absolute atomic E-state index is 14.7. The number of carbonyl (C=O) groups is 2. The average Bonchev–Trinajstić information content (AvgIpc) is 3.13. The normalized spacial score (nSPS) is 14.1. The number of fused-ring (bicyclic) bond motifs is 1. The van der Waals surface area contributed by atoms with Gasteiger partial charge in [-0.05, 0) is 30.4 Å². The van der Waals surface area contributed by atoms with Gasteiger partial charge in [-0.1, -0.05) is 28.7 Å². The zero-order valence-corrected chi connectivity index (χ0v) is 12.8. The second-order valence-corrected chi connectivity index (χ2v) is 5.43. The van der Waals surface area contributed by atoms with Crippen LogP contribution in [-0.4, -0.2) is 37.1 Å². The molecule has 2 aromatic rings. The molecular weight excluding hydrogens is 299 g/mol. The van der Waals surface area contributed by atoms with Crippen molar-refractivity contribution in [1.29, 1.82) is 0 Å². The topological polar surface area (TPSA) is 49.9 Å². The Hall–Kier alpha value is -2.63. The number of nitrogens with zero attached hydrogens (tertiary/aromatic N) is 2. The van der Waals surface area contributed by atoms with Crippen molar-refractivity contribution in [2.24, 2.45) is 0 Å². The van der Waals surface area contributed by atoms with Gasteiger partial charge in [-0.15, -0.1) is 5.12 Å². The van der Waals surface area contributed by atoms with Gasteiger partial charge in [0.1, 0.15) is 0 Å². The third-order valence-corrected chi connectivity index (χ3v) is 4.06. The van der Waals surface area contributed by atoms with E-state index in [-0.39, 0.29) is 10.8 Å². The summed E-state index contributed by atoms with van der Waals surface area (Å²) in [5, 5.41) is 1.20. The van der Waals surface area contributed by atoms with E-state index in [1.807, 2.05) is 0 Å². The fraction of sp³-hybridized carbons (Fsp3) is 0.294. The number of anilines is 1. The molecule has 0 bridgehead atoms. The number of benzene rings is 2. The first-order chi connectivity index (χ1) is 11.1. The van der Waals surface area contributed by atoms with Crippen LogP contribution in [0.1, 0.15) is 23.2 Å². The lowest BCUT2D eigenvalue weighted by atomic mass is 10.0. The predicted octanol–water partition coefficient (Wildman–Crippen LogP) is 3.53. The lowest BCUT2D eigenvalue weighted by Crippen LogP contribution is -2.37. The summed E-state index contributed by atoms with van der Waals surface area (Å²) in [6.45, 7) is 1.13. The van der Waals surface area contributed by atoms with Gasteiger partial charge < -0.3 is 9.64 Å². The standard InChI is InChI=1S/C17H17FN2O3/c1-23-16(21)14-8-9-15(13-7-3-2-6-12(13)14)20(18)17(22)19-10-4-5-11-19/h2-3,6-9H,4-5,10-11H2,1H3. The Morgan fingerprint density at radius 3 is 2.39 bits per heavy atom. The summed E-state index contributed by atoms with van der Waals surface area (Å²) >= 11 is 0. The van der Waals surface area contributed by atoms with Gasteiger partial charge in [0.25, 0.3) is 0 Å². The molecule has 0 unspecified atom stereocenters. The van der Waals surface area contributed by atoms with Crippen LogP contribution in [0, 0.1) is 0 Å². The number of likely N-dealkylation sites (tertiary alicyclic amines) is 1. The van der Waals surface area contributed by atoms with Crippen LogP contribution in [0.3, 0.4) is 0 Å². The van der Waals surface area contributed by atoms with E-state index >= 15 is 0 Å². The maximum atomic E-state index is 14.7. The van der Waals surface area contributed by atoms with Crippen molar-refractivity contribution >= 4 is 28.5 Å². The van der Waals surface area contributed by atoms with Gasteiger partial charge in [0.05, 0.1) is 18.4 Å². The van der Waals surface area contributed by atoms with Crippen molar-refractivity contribution in [2.45, 2.75) is 12.8 Å². The lowest BCUT2D eigenvalue weighted by Gasteiger charge is -2.21. The molecule has 1 aliphatic heterocycles. The van der Waals surface area contributed by atoms with E-state index in [0.717, 1.165) is 12.8 Å². The SMILES string of the molecule is COC(=O)c1ccc(N(F)C(=O)N2CCCC2)c2ccccc12. The second kappa shape index (κ2) is 6.24. The summed E-state index contributed by atoms with van der Waals surface area (Å²) in [5.74, 6) is -0.496. The predicted molar refractivity (Wildman–Crippen MR) is 85.1 cm³/mol. The highest BCUT2D eigenvalue weighted by atomic mass is 19.2. The lowest BCUT2D eigenvalue weighted by molar-refractivity contribution is 0.0603. The molecule has 0 aliphatic carbocycles. The quantitative estimate of drug-likeness (QED) is 0.629. The zero-order valence-electron chi connectivity index (χ0n) is 12.8. The molecule has 120 valence electrons. The zero-order chi connectivity index (χ0) is 16.4. The summed E-state index contributed by atoms with van der Waals surface area (Å²) in [4.78, 5) is 25.6. The fourth-order valence-electron chi connectivity index (χ4n) is 2.88. The minimum atomic E-state index is -0.668. The van der Waals surface area contributed by atoms with E-state index in [1.165, 1.54) is 24.1 Å². The molecule has 2 aromatic carbocycles. The maximum Gasteiger partial charge on any atom is 0.352 e. The smallest absolute Gasteiger partial charge is 0.352 e. The Kier molecular flexibility index (Phi) is 4.14. The Labute approximate surface area is 133 Å². The first-order valence-corrected chi connectivity index (χ1v) is 7.48. The van der Waals surface area contributed by atoms with Crippen LogP contribution in [0.25, 0.3) is 10.8 Å². The number of hydrogen-bond donors (Lipinski definition) is 0. The number of esters is 1. The van der Waals surface area contributed by atoms with Crippen molar-refractivity contribution < 1.29 is 18.8 Å². The number of halogens is 1. The van der Waals surface area contributed by atoms with Gasteiger partial charge in [-0.2, -0.15) is 0 Å². The van der Waals surface area contributed by atoms with Gasteiger partial charge in [-0.3, -0.25) is 0 Å². The molecule has 0 N–H and O–H groups in total. The van der Waals surface area contributed by atoms with Crippen molar-refractivity contribution in [3.8, 4) is 0 Å². The van der Waals surface area contributed by atoms with Crippen LogP contribution < -0.4 is 5.12 Å². The second-order valence-electron chi connectivity index (χ2n) is 5.43. The van der Waals surface area contributed by atoms with Crippen molar-refractivity contribution in [2.75, 3.05) is 25.3 Å². The summed E-state index contributed by atoms with van der Waals surface area (Å²) in [7, 11) is 1.30. The number of rotatable bonds is 2. The molecule has 0 radical (unpaired) electrons. The molecular formula is C17H17FN2O3. The number of hydrogen-bond acceptors (Lipinski definition) is 3. The largest absolute Gasteiger partial charge is 0.465 e. The Bertz CT molecular complexity index is 757. The molecule has 1 saturated heterocycles. The number of ether oxygens (including phenoxy) is 1. The van der Waals surface area contributed by atoms with E-state index in [4.69, 9.17) is 4.74 Å². The number of carbonyl (C=O) groups excluding carboxylic acids is 2. The van der Waals surface area contributed by atoms with E-state index < -0.39 is 12.0 Å². The molecule has 0 spiro atoms.